The number of benzene rings is 3. The van der Waals surface area contributed by atoms with E-state index in [0.717, 1.165) is 16.9 Å². The lowest BCUT2D eigenvalue weighted by Crippen LogP contribution is -2.45. The van der Waals surface area contributed by atoms with E-state index >= 15 is 0 Å². The molecular weight excluding hydrogens is 400 g/mol. The number of esters is 1. The predicted molar refractivity (Wildman–Crippen MR) is 127 cm³/mol. The highest BCUT2D eigenvalue weighted by molar-refractivity contribution is 5.80. The van der Waals surface area contributed by atoms with Crippen LogP contribution in [0, 0.1) is 0 Å². The molecule has 0 N–H and O–H groups in total. The molecule has 0 bridgehead atoms. The number of ether oxygens (including phenoxy) is 3. The topological polar surface area (TPSA) is 44.8 Å². The molecule has 32 heavy (non-hydrogen) atoms. The number of carbonyl (C=O) groups excluding carboxylic acids is 1. The lowest BCUT2D eigenvalue weighted by molar-refractivity contribution is -0.160. The van der Waals surface area contributed by atoms with Crippen LogP contribution in [0.4, 0.5) is 0 Å². The zero-order chi connectivity index (χ0) is 23.0. The normalized spacial score (nSPS) is 12.8. The third-order valence-electron chi connectivity index (χ3n) is 5.31. The van der Waals surface area contributed by atoms with Crippen LogP contribution in [0.3, 0.4) is 0 Å². The van der Waals surface area contributed by atoms with E-state index in [1.165, 1.54) is 5.56 Å². The zero-order valence-corrected chi connectivity index (χ0v) is 19.3. The molecule has 0 saturated heterocycles. The summed E-state index contributed by atoms with van der Waals surface area (Å²) in [5.74, 6) is 1.48. The van der Waals surface area contributed by atoms with Crippen LogP contribution < -0.4 is 9.47 Å². The Morgan fingerprint density at radius 1 is 0.844 bits per heavy atom. The Kier molecular flexibility index (Phi) is 7.93. The molecule has 1 unspecified atom stereocenters. The Labute approximate surface area is 191 Å². The van der Waals surface area contributed by atoms with Gasteiger partial charge in [-0.05, 0) is 60.7 Å². The summed E-state index contributed by atoms with van der Waals surface area (Å²) < 4.78 is 17.4. The van der Waals surface area contributed by atoms with Crippen LogP contribution in [-0.4, -0.2) is 18.2 Å². The predicted octanol–water partition coefficient (Wildman–Crippen LogP) is 6.33. The molecule has 0 amide bonds. The van der Waals surface area contributed by atoms with E-state index in [-0.39, 0.29) is 5.97 Å². The van der Waals surface area contributed by atoms with Crippen LogP contribution in [0.15, 0.2) is 78.9 Å². The summed E-state index contributed by atoms with van der Waals surface area (Å²) in [6.07, 6.45) is 0.386. The molecule has 0 radical (unpaired) electrons. The van der Waals surface area contributed by atoms with Crippen molar-refractivity contribution < 1.29 is 19.0 Å². The maximum atomic E-state index is 12.8. The maximum absolute atomic E-state index is 12.8. The van der Waals surface area contributed by atoms with Gasteiger partial charge < -0.3 is 14.2 Å². The highest BCUT2D eigenvalue weighted by atomic mass is 16.6. The Hall–Kier alpha value is -3.27. The molecule has 0 fully saturated rings. The van der Waals surface area contributed by atoms with Gasteiger partial charge in [-0.2, -0.15) is 0 Å². The molecular formula is C28H32O4. The average Bonchev–Trinajstić information content (AvgIpc) is 2.80. The molecule has 0 heterocycles. The van der Waals surface area contributed by atoms with Crippen LogP contribution in [-0.2, 0) is 22.6 Å². The monoisotopic (exact) mass is 432 g/mol. The molecule has 4 nitrogen and oxygen atoms in total. The van der Waals surface area contributed by atoms with Gasteiger partial charge in [-0.15, -0.1) is 0 Å². The van der Waals surface area contributed by atoms with Gasteiger partial charge >= 0.3 is 5.97 Å². The van der Waals surface area contributed by atoms with Crippen molar-refractivity contribution in [1.82, 2.24) is 0 Å². The minimum Gasteiger partial charge on any atom is -0.489 e. The summed E-state index contributed by atoms with van der Waals surface area (Å²) in [6, 6.07) is 25.7. The van der Waals surface area contributed by atoms with Crippen molar-refractivity contribution in [2.75, 3.05) is 6.61 Å². The average molecular weight is 433 g/mol. The lowest BCUT2D eigenvalue weighted by atomic mass is 9.96. The van der Waals surface area contributed by atoms with Crippen molar-refractivity contribution >= 4 is 5.97 Å². The molecule has 168 valence electrons. The Bertz CT molecular complexity index is 978. The van der Waals surface area contributed by atoms with Gasteiger partial charge in [0.25, 0.3) is 0 Å². The fourth-order valence-electron chi connectivity index (χ4n) is 3.45. The fourth-order valence-corrected chi connectivity index (χ4v) is 3.45. The van der Waals surface area contributed by atoms with Crippen molar-refractivity contribution in [3.8, 4) is 11.5 Å². The van der Waals surface area contributed by atoms with Crippen molar-refractivity contribution in [1.29, 1.82) is 0 Å². The quantitative estimate of drug-likeness (QED) is 0.351. The third kappa shape index (κ3) is 6.36. The van der Waals surface area contributed by atoms with Crippen LogP contribution in [0.5, 0.6) is 11.5 Å². The Morgan fingerprint density at radius 3 is 2.06 bits per heavy atom. The van der Waals surface area contributed by atoms with E-state index in [1.807, 2.05) is 78.9 Å². The molecule has 0 aliphatic rings. The van der Waals surface area contributed by atoms with Gasteiger partial charge in [-0.25, -0.2) is 4.79 Å². The summed E-state index contributed by atoms with van der Waals surface area (Å²) in [4.78, 5) is 12.8. The standard InChI is InChI=1S/C28H32O4/c1-5-30-27(29)28(4,32-26-17-13-24(14-18-26)21(2)3)19-22-11-15-25(16-12-22)31-20-23-9-7-6-8-10-23/h6-18,21H,5,19-20H2,1-4H3. The van der Waals surface area contributed by atoms with Gasteiger partial charge in [0.2, 0.25) is 5.60 Å². The molecule has 4 heteroatoms. The maximum Gasteiger partial charge on any atom is 0.350 e. The number of rotatable bonds is 10. The first-order valence-electron chi connectivity index (χ1n) is 11.1. The van der Waals surface area contributed by atoms with E-state index in [9.17, 15) is 4.79 Å². The van der Waals surface area contributed by atoms with Gasteiger partial charge in [0.05, 0.1) is 6.61 Å². The zero-order valence-electron chi connectivity index (χ0n) is 19.3. The number of hydrogen-bond acceptors (Lipinski definition) is 4. The van der Waals surface area contributed by atoms with Crippen molar-refractivity contribution in [2.45, 2.75) is 52.2 Å². The molecule has 0 aliphatic heterocycles. The molecule has 1 atom stereocenters. The Morgan fingerprint density at radius 2 is 1.47 bits per heavy atom. The summed E-state index contributed by atoms with van der Waals surface area (Å²) in [6.45, 7) is 8.68. The van der Waals surface area contributed by atoms with Crippen LogP contribution >= 0.6 is 0 Å². The van der Waals surface area contributed by atoms with Crippen molar-refractivity contribution in [3.63, 3.8) is 0 Å². The summed E-state index contributed by atoms with van der Waals surface area (Å²) in [5, 5.41) is 0. The fraction of sp³-hybridized carbons (Fsp3) is 0.321. The molecule has 0 aliphatic carbocycles. The molecule has 0 aromatic heterocycles. The molecule has 3 aromatic rings. The molecule has 3 aromatic carbocycles. The first-order valence-corrected chi connectivity index (χ1v) is 11.1. The van der Waals surface area contributed by atoms with Crippen LogP contribution in [0.2, 0.25) is 0 Å². The van der Waals surface area contributed by atoms with E-state index in [1.54, 1.807) is 13.8 Å². The van der Waals surface area contributed by atoms with Gasteiger partial charge in [0, 0.05) is 6.42 Å². The number of hydrogen-bond donors (Lipinski definition) is 0. The molecule has 0 saturated carbocycles. The van der Waals surface area contributed by atoms with Gasteiger partial charge in [-0.3, -0.25) is 0 Å². The van der Waals surface area contributed by atoms with Crippen molar-refractivity contribution in [2.24, 2.45) is 0 Å². The van der Waals surface area contributed by atoms with E-state index in [2.05, 4.69) is 13.8 Å². The summed E-state index contributed by atoms with van der Waals surface area (Å²) in [5.41, 5.74) is 2.16. The van der Waals surface area contributed by atoms with Crippen LogP contribution in [0.1, 0.15) is 50.3 Å². The second kappa shape index (κ2) is 10.9. The highest BCUT2D eigenvalue weighted by Crippen LogP contribution is 2.27. The van der Waals surface area contributed by atoms with E-state index in [0.29, 0.717) is 31.3 Å². The smallest absolute Gasteiger partial charge is 0.350 e. The minimum absolute atomic E-state index is 0.302. The van der Waals surface area contributed by atoms with Crippen LogP contribution in [0.25, 0.3) is 0 Å². The highest BCUT2D eigenvalue weighted by Gasteiger charge is 2.37. The number of carbonyl (C=O) groups is 1. The minimum atomic E-state index is -1.14. The molecule has 0 spiro atoms. The first kappa shape index (κ1) is 23.4. The van der Waals surface area contributed by atoms with Crippen molar-refractivity contribution in [3.05, 3.63) is 95.6 Å². The van der Waals surface area contributed by atoms with E-state index in [4.69, 9.17) is 14.2 Å². The Balaban J connectivity index is 1.70. The largest absolute Gasteiger partial charge is 0.489 e. The first-order chi connectivity index (χ1) is 15.4. The second-order valence-corrected chi connectivity index (χ2v) is 8.37. The lowest BCUT2D eigenvalue weighted by Gasteiger charge is -2.29. The molecule has 3 rings (SSSR count). The third-order valence-corrected chi connectivity index (χ3v) is 5.31. The SMILES string of the molecule is CCOC(=O)C(C)(Cc1ccc(OCc2ccccc2)cc1)Oc1ccc(C(C)C)cc1. The van der Waals surface area contributed by atoms with Gasteiger partial charge in [0.15, 0.2) is 0 Å². The summed E-state index contributed by atoms with van der Waals surface area (Å²) in [7, 11) is 0. The van der Waals surface area contributed by atoms with Gasteiger partial charge in [0.1, 0.15) is 18.1 Å². The van der Waals surface area contributed by atoms with Gasteiger partial charge in [-0.1, -0.05) is 68.4 Å². The summed E-state index contributed by atoms with van der Waals surface area (Å²) >= 11 is 0. The van der Waals surface area contributed by atoms with E-state index < -0.39 is 5.60 Å². The second-order valence-electron chi connectivity index (χ2n) is 8.37.